The molecule has 2 heterocycles. The van der Waals surface area contributed by atoms with Gasteiger partial charge in [0.15, 0.2) is 5.58 Å². The summed E-state index contributed by atoms with van der Waals surface area (Å²) >= 11 is 0. The van der Waals surface area contributed by atoms with E-state index in [9.17, 15) is 0 Å². The summed E-state index contributed by atoms with van der Waals surface area (Å²) in [6, 6.07) is 14.4. The van der Waals surface area contributed by atoms with Gasteiger partial charge in [-0.2, -0.15) is 0 Å². The Morgan fingerprint density at radius 2 is 2.00 bits per heavy atom. The molecule has 0 aliphatic carbocycles. The van der Waals surface area contributed by atoms with Crippen molar-refractivity contribution in [2.75, 3.05) is 6.54 Å². The van der Waals surface area contributed by atoms with Gasteiger partial charge in [-0.25, -0.2) is 4.98 Å². The highest BCUT2D eigenvalue weighted by Gasteiger charge is 2.12. The summed E-state index contributed by atoms with van der Waals surface area (Å²) in [7, 11) is 0. The zero-order valence-electron chi connectivity index (χ0n) is 10.5. The van der Waals surface area contributed by atoms with Crippen LogP contribution in [-0.2, 0) is 13.0 Å². The Hall–Kier alpha value is -2.13. The van der Waals surface area contributed by atoms with Crippen molar-refractivity contribution < 1.29 is 4.42 Å². The summed E-state index contributed by atoms with van der Waals surface area (Å²) in [6.45, 7) is 2.00. The fourth-order valence-corrected chi connectivity index (χ4v) is 2.61. The molecular formula is C16H14N2O. The predicted octanol–water partition coefficient (Wildman–Crippen LogP) is 3.14. The second-order valence-corrected chi connectivity index (χ2v) is 4.90. The first kappa shape index (κ1) is 10.8. The average molecular weight is 250 g/mol. The van der Waals surface area contributed by atoms with Gasteiger partial charge in [-0.3, -0.25) is 0 Å². The molecule has 0 atom stereocenters. The fraction of sp³-hybridized carbons (Fsp3) is 0.188. The van der Waals surface area contributed by atoms with Gasteiger partial charge in [0.05, 0.1) is 0 Å². The molecule has 1 aromatic heterocycles. The van der Waals surface area contributed by atoms with Crippen molar-refractivity contribution in [1.82, 2.24) is 10.3 Å². The van der Waals surface area contributed by atoms with Crippen LogP contribution in [0.25, 0.3) is 22.6 Å². The van der Waals surface area contributed by atoms with Gasteiger partial charge in [0, 0.05) is 12.1 Å². The fourth-order valence-electron chi connectivity index (χ4n) is 2.61. The molecular weight excluding hydrogens is 236 g/mol. The number of hydrogen-bond donors (Lipinski definition) is 1. The summed E-state index contributed by atoms with van der Waals surface area (Å²) < 4.78 is 5.81. The van der Waals surface area contributed by atoms with Crippen molar-refractivity contribution in [2.24, 2.45) is 0 Å². The molecule has 1 N–H and O–H groups in total. The number of nitrogens with zero attached hydrogens (tertiary/aromatic N) is 1. The lowest BCUT2D eigenvalue weighted by atomic mass is 9.98. The molecule has 0 saturated heterocycles. The van der Waals surface area contributed by atoms with Crippen LogP contribution in [0.1, 0.15) is 11.1 Å². The Morgan fingerprint density at radius 3 is 2.95 bits per heavy atom. The van der Waals surface area contributed by atoms with E-state index in [4.69, 9.17) is 4.42 Å². The molecule has 0 radical (unpaired) electrons. The van der Waals surface area contributed by atoms with E-state index in [-0.39, 0.29) is 0 Å². The minimum absolute atomic E-state index is 0.703. The van der Waals surface area contributed by atoms with E-state index in [0.29, 0.717) is 5.89 Å². The highest BCUT2D eigenvalue weighted by molar-refractivity contribution is 5.76. The number of benzene rings is 2. The average Bonchev–Trinajstić information content (AvgIpc) is 2.90. The topological polar surface area (TPSA) is 38.1 Å². The van der Waals surface area contributed by atoms with Crippen molar-refractivity contribution in [3.8, 4) is 11.5 Å². The van der Waals surface area contributed by atoms with Crippen LogP contribution in [0, 0.1) is 0 Å². The highest BCUT2D eigenvalue weighted by atomic mass is 16.3. The predicted molar refractivity (Wildman–Crippen MR) is 74.9 cm³/mol. The second kappa shape index (κ2) is 4.21. The van der Waals surface area contributed by atoms with E-state index in [2.05, 4.69) is 28.5 Å². The van der Waals surface area contributed by atoms with Crippen molar-refractivity contribution in [3.63, 3.8) is 0 Å². The van der Waals surface area contributed by atoms with Crippen molar-refractivity contribution in [2.45, 2.75) is 13.0 Å². The van der Waals surface area contributed by atoms with E-state index in [1.165, 1.54) is 11.1 Å². The van der Waals surface area contributed by atoms with Crippen molar-refractivity contribution in [1.29, 1.82) is 0 Å². The molecule has 0 spiro atoms. The zero-order chi connectivity index (χ0) is 12.7. The SMILES string of the molecule is c1ccc2oc(-c3ccc4c(c3)CNCC4)nc2c1. The van der Waals surface area contributed by atoms with Gasteiger partial charge in [-0.05, 0) is 48.4 Å². The van der Waals surface area contributed by atoms with E-state index in [1.807, 2.05) is 24.3 Å². The van der Waals surface area contributed by atoms with Gasteiger partial charge in [0.25, 0.3) is 0 Å². The standard InChI is InChI=1S/C16H14N2O/c1-2-4-15-14(3-1)18-16(19-15)12-6-5-11-7-8-17-10-13(11)9-12/h1-6,9,17H,7-8,10H2. The van der Waals surface area contributed by atoms with Crippen molar-refractivity contribution in [3.05, 3.63) is 53.6 Å². The Kier molecular flexibility index (Phi) is 2.38. The maximum absolute atomic E-state index is 5.81. The third-order valence-electron chi connectivity index (χ3n) is 3.63. The molecule has 1 aliphatic heterocycles. The monoisotopic (exact) mass is 250 g/mol. The molecule has 3 nitrogen and oxygen atoms in total. The zero-order valence-corrected chi connectivity index (χ0v) is 10.5. The number of hydrogen-bond acceptors (Lipinski definition) is 3. The van der Waals surface area contributed by atoms with Gasteiger partial charge in [0.1, 0.15) is 5.52 Å². The van der Waals surface area contributed by atoms with Crippen LogP contribution < -0.4 is 5.32 Å². The molecule has 2 aromatic carbocycles. The van der Waals surface area contributed by atoms with Gasteiger partial charge in [-0.1, -0.05) is 18.2 Å². The first-order valence-electron chi connectivity index (χ1n) is 6.59. The second-order valence-electron chi connectivity index (χ2n) is 4.90. The molecule has 0 bridgehead atoms. The van der Waals surface area contributed by atoms with Crippen LogP contribution in [-0.4, -0.2) is 11.5 Å². The lowest BCUT2D eigenvalue weighted by Gasteiger charge is -2.17. The number of para-hydroxylation sites is 2. The third kappa shape index (κ3) is 1.83. The summed E-state index contributed by atoms with van der Waals surface area (Å²) in [5, 5.41) is 3.40. The number of oxazole rings is 1. The van der Waals surface area contributed by atoms with Gasteiger partial charge in [0.2, 0.25) is 5.89 Å². The Labute approximate surface area is 111 Å². The Balaban J connectivity index is 1.83. The maximum atomic E-state index is 5.81. The minimum atomic E-state index is 0.703. The Morgan fingerprint density at radius 1 is 1.05 bits per heavy atom. The van der Waals surface area contributed by atoms with Crippen LogP contribution >= 0.6 is 0 Å². The molecule has 1 aliphatic rings. The number of nitrogens with one attached hydrogen (secondary N) is 1. The number of fused-ring (bicyclic) bond motifs is 2. The van der Waals surface area contributed by atoms with Crippen molar-refractivity contribution >= 4 is 11.1 Å². The van der Waals surface area contributed by atoms with E-state index < -0.39 is 0 Å². The molecule has 3 heteroatoms. The molecule has 0 amide bonds. The lowest BCUT2D eigenvalue weighted by molar-refractivity contribution is 0.617. The summed E-state index contributed by atoms with van der Waals surface area (Å²) in [6.07, 6.45) is 1.10. The number of aromatic nitrogens is 1. The molecule has 19 heavy (non-hydrogen) atoms. The minimum Gasteiger partial charge on any atom is -0.436 e. The molecule has 0 fully saturated rings. The van der Waals surface area contributed by atoms with Crippen LogP contribution in [0.5, 0.6) is 0 Å². The van der Waals surface area contributed by atoms with Crippen LogP contribution in [0.2, 0.25) is 0 Å². The van der Waals surface area contributed by atoms with Gasteiger partial charge >= 0.3 is 0 Å². The lowest BCUT2D eigenvalue weighted by Crippen LogP contribution is -2.23. The van der Waals surface area contributed by atoms with Crippen LogP contribution in [0.3, 0.4) is 0 Å². The molecule has 0 saturated carbocycles. The summed E-state index contributed by atoms with van der Waals surface area (Å²) in [5.41, 5.74) is 5.59. The van der Waals surface area contributed by atoms with Gasteiger partial charge < -0.3 is 9.73 Å². The van der Waals surface area contributed by atoms with Crippen LogP contribution in [0.4, 0.5) is 0 Å². The van der Waals surface area contributed by atoms with Crippen LogP contribution in [0.15, 0.2) is 46.9 Å². The largest absolute Gasteiger partial charge is 0.436 e. The molecule has 4 rings (SSSR count). The maximum Gasteiger partial charge on any atom is 0.227 e. The molecule has 94 valence electrons. The normalized spacial score (nSPS) is 14.5. The summed E-state index contributed by atoms with van der Waals surface area (Å²) in [4.78, 5) is 4.54. The Bertz CT molecular complexity index is 712. The molecule has 0 unspecified atom stereocenters. The van der Waals surface area contributed by atoms with E-state index in [1.54, 1.807) is 0 Å². The third-order valence-corrected chi connectivity index (χ3v) is 3.63. The first-order valence-corrected chi connectivity index (χ1v) is 6.59. The van der Waals surface area contributed by atoms with Gasteiger partial charge in [-0.15, -0.1) is 0 Å². The smallest absolute Gasteiger partial charge is 0.227 e. The quantitative estimate of drug-likeness (QED) is 0.721. The summed E-state index contributed by atoms with van der Waals surface area (Å²) in [5.74, 6) is 0.703. The number of rotatable bonds is 1. The highest BCUT2D eigenvalue weighted by Crippen LogP contribution is 2.26. The first-order chi connectivity index (χ1) is 9.40. The van der Waals surface area contributed by atoms with E-state index >= 15 is 0 Å². The van der Waals surface area contributed by atoms with E-state index in [0.717, 1.165) is 36.2 Å². The molecule has 3 aromatic rings.